The van der Waals surface area contributed by atoms with Crippen molar-refractivity contribution in [2.75, 3.05) is 57.3 Å². The number of hydrogen-bond acceptors (Lipinski definition) is 8. The molecule has 4 heterocycles. The predicted octanol–water partition coefficient (Wildman–Crippen LogP) is 4.71. The molecule has 0 bridgehead atoms. The van der Waals surface area contributed by atoms with Gasteiger partial charge < -0.3 is 24.5 Å². The molecular formula is C30H37ClN6O4. The van der Waals surface area contributed by atoms with Gasteiger partial charge in [-0.2, -0.15) is 0 Å². The summed E-state index contributed by atoms with van der Waals surface area (Å²) in [4.78, 5) is 22.1. The summed E-state index contributed by atoms with van der Waals surface area (Å²) in [6.45, 7) is 9.80. The van der Waals surface area contributed by atoms with Crippen LogP contribution in [0.1, 0.15) is 24.8 Å². The molecule has 1 atom stereocenters. The van der Waals surface area contributed by atoms with Crippen molar-refractivity contribution in [1.82, 2.24) is 19.4 Å². The maximum Gasteiger partial charge on any atom is 0.414 e. The molecule has 0 saturated carbocycles. The Morgan fingerprint density at radius 1 is 0.927 bits per heavy atom. The Bertz CT molecular complexity index is 1300. The van der Waals surface area contributed by atoms with E-state index in [1.807, 2.05) is 24.3 Å². The summed E-state index contributed by atoms with van der Waals surface area (Å²) in [5.41, 5.74) is 2.56. The number of imidazole rings is 1. The van der Waals surface area contributed by atoms with E-state index >= 15 is 0 Å². The molecule has 2 aromatic carbocycles. The zero-order valence-corrected chi connectivity index (χ0v) is 24.0. The van der Waals surface area contributed by atoms with E-state index in [0.29, 0.717) is 19.6 Å². The zero-order valence-electron chi connectivity index (χ0n) is 23.2. The van der Waals surface area contributed by atoms with Crippen LogP contribution >= 0.6 is 11.6 Å². The lowest BCUT2D eigenvalue weighted by molar-refractivity contribution is -0.389. The van der Waals surface area contributed by atoms with E-state index in [0.717, 1.165) is 49.4 Å². The number of benzene rings is 2. The van der Waals surface area contributed by atoms with Crippen molar-refractivity contribution in [2.24, 2.45) is 5.92 Å². The minimum Gasteiger partial charge on any atom is -0.490 e. The number of anilines is 1. The van der Waals surface area contributed by atoms with E-state index in [1.165, 1.54) is 49.9 Å². The Balaban J connectivity index is 0.898. The molecule has 0 amide bonds. The molecule has 10 nitrogen and oxygen atoms in total. The minimum atomic E-state index is -0.503. The van der Waals surface area contributed by atoms with Crippen molar-refractivity contribution < 1.29 is 14.4 Å². The van der Waals surface area contributed by atoms with Gasteiger partial charge in [0.2, 0.25) is 0 Å². The largest absolute Gasteiger partial charge is 0.490 e. The number of aryl methyl sites for hydroxylation is 1. The van der Waals surface area contributed by atoms with Crippen LogP contribution in [0.2, 0.25) is 5.02 Å². The molecule has 2 saturated heterocycles. The normalized spacial score (nSPS) is 20.4. The van der Waals surface area contributed by atoms with Crippen LogP contribution < -0.4 is 14.4 Å². The molecule has 0 spiro atoms. The molecule has 11 heteroatoms. The first-order chi connectivity index (χ1) is 20.0. The number of piperazine rings is 1. The Kier molecular flexibility index (Phi) is 8.59. The number of fused-ring (bicyclic) bond motifs is 1. The second-order valence-electron chi connectivity index (χ2n) is 11.3. The summed E-state index contributed by atoms with van der Waals surface area (Å²) >= 11 is 6.03. The van der Waals surface area contributed by atoms with Crippen molar-refractivity contribution in [3.8, 4) is 11.8 Å². The second kappa shape index (κ2) is 12.7. The van der Waals surface area contributed by atoms with Crippen LogP contribution in [0.15, 0.2) is 54.7 Å². The van der Waals surface area contributed by atoms with Gasteiger partial charge in [-0.05, 0) is 78.7 Å². The van der Waals surface area contributed by atoms with E-state index in [1.54, 1.807) is 4.57 Å². The fraction of sp³-hybridized carbons (Fsp3) is 0.500. The monoisotopic (exact) mass is 580 g/mol. The Morgan fingerprint density at radius 3 is 2.37 bits per heavy atom. The number of nitro groups is 1. The number of hydrogen-bond donors (Lipinski definition) is 0. The average molecular weight is 581 g/mol. The van der Waals surface area contributed by atoms with Gasteiger partial charge in [-0.3, -0.25) is 14.4 Å². The maximum absolute atomic E-state index is 11.0. The van der Waals surface area contributed by atoms with Gasteiger partial charge in [-0.1, -0.05) is 23.7 Å². The van der Waals surface area contributed by atoms with Gasteiger partial charge in [0.15, 0.2) is 0 Å². The average Bonchev–Trinajstić information content (AvgIpc) is 3.43. The molecule has 2 fully saturated rings. The highest BCUT2D eigenvalue weighted by atomic mass is 35.5. The summed E-state index contributed by atoms with van der Waals surface area (Å²) in [7, 11) is 0. The number of ether oxygens (including phenoxy) is 2. The highest BCUT2D eigenvalue weighted by molar-refractivity contribution is 6.30. The maximum atomic E-state index is 11.0. The Labute approximate surface area is 245 Å². The van der Waals surface area contributed by atoms with Crippen LogP contribution in [0.3, 0.4) is 0 Å². The van der Waals surface area contributed by atoms with Crippen LogP contribution in [0.25, 0.3) is 0 Å². The second-order valence-corrected chi connectivity index (χ2v) is 11.7. The van der Waals surface area contributed by atoms with Crippen LogP contribution in [0.5, 0.6) is 11.8 Å². The van der Waals surface area contributed by atoms with Gasteiger partial charge in [0.1, 0.15) is 24.7 Å². The smallest absolute Gasteiger partial charge is 0.414 e. The quantitative estimate of drug-likeness (QED) is 0.266. The third-order valence-electron chi connectivity index (χ3n) is 8.43. The lowest BCUT2D eigenvalue weighted by Crippen LogP contribution is -2.48. The number of aromatic nitrogens is 2. The fourth-order valence-electron chi connectivity index (χ4n) is 6.01. The number of piperidine rings is 1. The first-order valence-electron chi connectivity index (χ1n) is 14.5. The highest BCUT2D eigenvalue weighted by Gasteiger charge is 2.29. The van der Waals surface area contributed by atoms with Crippen molar-refractivity contribution in [3.63, 3.8) is 0 Å². The van der Waals surface area contributed by atoms with Crippen LogP contribution in [-0.2, 0) is 13.1 Å². The fourth-order valence-corrected chi connectivity index (χ4v) is 6.13. The van der Waals surface area contributed by atoms with Crippen LogP contribution in [0.4, 0.5) is 11.5 Å². The van der Waals surface area contributed by atoms with E-state index < -0.39 is 4.92 Å². The van der Waals surface area contributed by atoms with Crippen molar-refractivity contribution in [1.29, 1.82) is 0 Å². The summed E-state index contributed by atoms with van der Waals surface area (Å²) < 4.78 is 13.5. The predicted molar refractivity (Wildman–Crippen MR) is 158 cm³/mol. The third-order valence-corrected chi connectivity index (χ3v) is 8.68. The lowest BCUT2D eigenvalue weighted by atomic mass is 9.95. The highest BCUT2D eigenvalue weighted by Crippen LogP contribution is 2.26. The number of nitrogens with zero attached hydrogens (tertiary/aromatic N) is 6. The molecular weight excluding hydrogens is 544 g/mol. The topological polar surface area (TPSA) is 89.1 Å². The first kappa shape index (κ1) is 27.8. The molecule has 0 radical (unpaired) electrons. The summed E-state index contributed by atoms with van der Waals surface area (Å²) in [6.07, 6.45) is 4.48. The summed E-state index contributed by atoms with van der Waals surface area (Å²) in [5.74, 6) is 1.38. The molecule has 3 aromatic rings. The van der Waals surface area contributed by atoms with Gasteiger partial charge in [-0.15, -0.1) is 0 Å². The molecule has 218 valence electrons. The minimum absolute atomic E-state index is 0.187. The number of likely N-dealkylation sites (tertiary alicyclic amines) is 1. The number of rotatable bonds is 9. The van der Waals surface area contributed by atoms with Gasteiger partial charge in [0.05, 0.1) is 0 Å². The molecule has 6 rings (SSSR count). The van der Waals surface area contributed by atoms with Crippen LogP contribution in [0, 0.1) is 16.0 Å². The third kappa shape index (κ3) is 7.12. The van der Waals surface area contributed by atoms with Crippen molar-refractivity contribution >= 4 is 23.1 Å². The summed E-state index contributed by atoms with van der Waals surface area (Å²) in [5, 5.41) is 11.8. The SMILES string of the molecule is O=[N+]([O-])c1cn2c(n1)OC(COc1ccc(N3CCN(CC4CCN(Cc5ccc(Cl)cc5)CC4)CC3)cc1)CC2. The number of halogens is 1. The van der Waals surface area contributed by atoms with Gasteiger partial charge >= 0.3 is 11.8 Å². The lowest BCUT2D eigenvalue weighted by Gasteiger charge is -2.39. The standard InChI is InChI=1S/C30H37ClN6O4/c31-25-3-1-23(2-4-25)19-33-12-9-24(10-13-33)20-34-15-17-35(18-16-34)26-5-7-27(8-6-26)40-22-28-11-14-36-21-29(37(38)39)32-30(36)41-28/h1-8,21,24,28H,9-20,22H2. The summed E-state index contributed by atoms with van der Waals surface area (Å²) in [6, 6.07) is 16.8. The molecule has 1 unspecified atom stereocenters. The first-order valence-corrected chi connectivity index (χ1v) is 14.9. The van der Waals surface area contributed by atoms with Gasteiger partial charge in [0, 0.05) is 67.9 Å². The van der Waals surface area contributed by atoms with E-state index in [-0.39, 0.29) is 17.9 Å². The molecule has 3 aliphatic rings. The van der Waals surface area contributed by atoms with E-state index in [9.17, 15) is 10.1 Å². The molecule has 0 aliphatic carbocycles. The molecule has 41 heavy (non-hydrogen) atoms. The molecule has 3 aliphatic heterocycles. The molecule has 0 N–H and O–H groups in total. The van der Waals surface area contributed by atoms with Crippen molar-refractivity contribution in [3.05, 3.63) is 75.4 Å². The van der Waals surface area contributed by atoms with Gasteiger partial charge in [0.25, 0.3) is 0 Å². The van der Waals surface area contributed by atoms with E-state index in [4.69, 9.17) is 21.1 Å². The van der Waals surface area contributed by atoms with Crippen LogP contribution in [-0.4, -0.2) is 82.8 Å². The Morgan fingerprint density at radius 2 is 1.66 bits per heavy atom. The molecule has 1 aromatic heterocycles. The van der Waals surface area contributed by atoms with E-state index in [2.05, 4.69) is 43.9 Å². The zero-order chi connectivity index (χ0) is 28.2. The van der Waals surface area contributed by atoms with Crippen molar-refractivity contribution in [2.45, 2.75) is 38.5 Å². The van der Waals surface area contributed by atoms with Gasteiger partial charge in [-0.25, -0.2) is 0 Å². The Hall–Kier alpha value is -3.34.